The molecule has 0 aliphatic rings. The van der Waals surface area contributed by atoms with E-state index in [0.29, 0.717) is 17.1 Å². The number of nitrogens with two attached hydrogens (primary N) is 1. The summed E-state index contributed by atoms with van der Waals surface area (Å²) in [5, 5.41) is 3.80. The van der Waals surface area contributed by atoms with E-state index in [1.54, 1.807) is 24.3 Å². The van der Waals surface area contributed by atoms with Crippen molar-refractivity contribution < 1.29 is 14.3 Å². The third kappa shape index (κ3) is 3.55. The van der Waals surface area contributed by atoms with Crippen molar-refractivity contribution in [1.82, 2.24) is 4.98 Å². The van der Waals surface area contributed by atoms with Crippen LogP contribution in [0.15, 0.2) is 48.5 Å². The molecule has 3 rings (SSSR count). The van der Waals surface area contributed by atoms with E-state index < -0.39 is 5.91 Å². The van der Waals surface area contributed by atoms with Crippen LogP contribution in [0.2, 0.25) is 0 Å². The smallest absolute Gasteiger partial charge is 0.272 e. The lowest BCUT2D eigenvalue weighted by molar-refractivity contribution is -0.119. The van der Waals surface area contributed by atoms with Gasteiger partial charge in [-0.05, 0) is 48.9 Å². The van der Waals surface area contributed by atoms with Gasteiger partial charge in [-0.2, -0.15) is 0 Å². The van der Waals surface area contributed by atoms with Gasteiger partial charge in [-0.3, -0.25) is 9.59 Å². The zero-order chi connectivity index (χ0) is 17.1. The van der Waals surface area contributed by atoms with Gasteiger partial charge in [0.2, 0.25) is 0 Å². The van der Waals surface area contributed by atoms with Gasteiger partial charge in [0, 0.05) is 16.6 Å². The summed E-state index contributed by atoms with van der Waals surface area (Å²) < 4.78 is 5.17. The summed E-state index contributed by atoms with van der Waals surface area (Å²) in [7, 11) is 0. The molecule has 122 valence electrons. The van der Waals surface area contributed by atoms with Gasteiger partial charge in [0.15, 0.2) is 6.61 Å². The second-order valence-corrected chi connectivity index (χ2v) is 5.51. The summed E-state index contributed by atoms with van der Waals surface area (Å²) in [5.74, 6) is -0.260. The summed E-state index contributed by atoms with van der Waals surface area (Å²) in [6.45, 7) is 1.82. The summed E-state index contributed by atoms with van der Waals surface area (Å²) in [6.07, 6.45) is 0. The van der Waals surface area contributed by atoms with Crippen molar-refractivity contribution in [3.05, 3.63) is 59.8 Å². The minimum absolute atomic E-state index is 0.180. The lowest BCUT2D eigenvalue weighted by atomic mass is 10.2. The highest BCUT2D eigenvalue weighted by atomic mass is 16.5. The Morgan fingerprint density at radius 2 is 1.88 bits per heavy atom. The first-order valence-electron chi connectivity index (χ1n) is 7.43. The molecule has 3 aromatic rings. The number of rotatable bonds is 5. The number of hydrogen-bond donors (Lipinski definition) is 3. The van der Waals surface area contributed by atoms with Gasteiger partial charge < -0.3 is 20.8 Å². The number of H-pyrrole nitrogens is 1. The molecule has 0 bridgehead atoms. The standard InChI is InChI=1S/C18H17N3O3/c1-11-2-3-12-9-16(21-15(12)8-11)18(23)20-13-4-6-14(7-5-13)24-10-17(19)22/h2-9,21H,10H2,1H3,(H2,19,22)(H,20,23). The number of benzene rings is 2. The van der Waals surface area contributed by atoms with Gasteiger partial charge in [0.25, 0.3) is 11.8 Å². The van der Waals surface area contributed by atoms with E-state index in [1.807, 2.05) is 31.2 Å². The molecule has 2 amide bonds. The molecule has 0 spiro atoms. The zero-order valence-corrected chi connectivity index (χ0v) is 13.1. The van der Waals surface area contributed by atoms with E-state index in [1.165, 1.54) is 0 Å². The number of primary amides is 1. The molecular formula is C18H17N3O3. The maximum atomic E-state index is 12.3. The highest BCUT2D eigenvalue weighted by Gasteiger charge is 2.10. The van der Waals surface area contributed by atoms with Crippen molar-refractivity contribution in [1.29, 1.82) is 0 Å². The predicted octanol–water partition coefficient (Wildman–Crippen LogP) is 2.59. The van der Waals surface area contributed by atoms with Crippen molar-refractivity contribution in [2.45, 2.75) is 6.92 Å². The molecule has 0 radical (unpaired) electrons. The van der Waals surface area contributed by atoms with E-state index in [-0.39, 0.29) is 12.5 Å². The zero-order valence-electron chi connectivity index (χ0n) is 13.1. The average molecular weight is 323 g/mol. The number of nitrogens with one attached hydrogen (secondary N) is 2. The molecule has 0 fully saturated rings. The van der Waals surface area contributed by atoms with Crippen LogP contribution in [-0.4, -0.2) is 23.4 Å². The number of aromatic nitrogens is 1. The Morgan fingerprint density at radius 3 is 2.58 bits per heavy atom. The first-order chi connectivity index (χ1) is 11.5. The molecule has 0 aliphatic carbocycles. The van der Waals surface area contributed by atoms with Crippen LogP contribution in [0.4, 0.5) is 5.69 Å². The SMILES string of the molecule is Cc1ccc2cc(C(=O)Nc3ccc(OCC(N)=O)cc3)[nH]c2c1. The van der Waals surface area contributed by atoms with Gasteiger partial charge in [-0.15, -0.1) is 0 Å². The first-order valence-corrected chi connectivity index (χ1v) is 7.43. The topological polar surface area (TPSA) is 97.2 Å². The molecule has 0 saturated carbocycles. The lowest BCUT2D eigenvalue weighted by Crippen LogP contribution is -2.20. The summed E-state index contributed by atoms with van der Waals surface area (Å²) in [5.41, 5.74) is 8.19. The Bertz CT molecular complexity index is 898. The van der Waals surface area contributed by atoms with Crippen LogP contribution < -0.4 is 15.8 Å². The number of carbonyl (C=O) groups excluding carboxylic acids is 2. The van der Waals surface area contributed by atoms with Gasteiger partial charge in [0.1, 0.15) is 11.4 Å². The first kappa shape index (κ1) is 15.6. The number of carbonyl (C=O) groups is 2. The maximum absolute atomic E-state index is 12.3. The van der Waals surface area contributed by atoms with Crippen LogP contribution in [0, 0.1) is 6.92 Å². The predicted molar refractivity (Wildman–Crippen MR) is 92.1 cm³/mol. The number of anilines is 1. The van der Waals surface area contributed by atoms with Gasteiger partial charge in [0.05, 0.1) is 0 Å². The third-order valence-corrected chi connectivity index (χ3v) is 3.52. The maximum Gasteiger partial charge on any atom is 0.272 e. The Balaban J connectivity index is 1.70. The third-order valence-electron chi connectivity index (χ3n) is 3.52. The molecule has 4 N–H and O–H groups in total. The molecule has 0 saturated heterocycles. The van der Waals surface area contributed by atoms with Crippen molar-refractivity contribution in [2.24, 2.45) is 5.73 Å². The molecule has 0 aliphatic heterocycles. The fourth-order valence-corrected chi connectivity index (χ4v) is 2.35. The lowest BCUT2D eigenvalue weighted by Gasteiger charge is -2.06. The summed E-state index contributed by atoms with van der Waals surface area (Å²) in [6, 6.07) is 14.5. The summed E-state index contributed by atoms with van der Waals surface area (Å²) >= 11 is 0. The molecular weight excluding hydrogens is 306 g/mol. The van der Waals surface area contributed by atoms with Crippen LogP contribution >= 0.6 is 0 Å². The molecule has 2 aromatic carbocycles. The molecule has 1 aromatic heterocycles. The van der Waals surface area contributed by atoms with E-state index >= 15 is 0 Å². The molecule has 0 atom stereocenters. The van der Waals surface area contributed by atoms with Crippen LogP contribution in [0.5, 0.6) is 5.75 Å². The van der Waals surface area contributed by atoms with Crippen LogP contribution in [0.3, 0.4) is 0 Å². The quantitative estimate of drug-likeness (QED) is 0.673. The number of amides is 2. The number of hydrogen-bond acceptors (Lipinski definition) is 3. The number of aryl methyl sites for hydroxylation is 1. The Labute approximate surface area is 138 Å². The number of ether oxygens (including phenoxy) is 1. The molecule has 1 heterocycles. The minimum atomic E-state index is -0.540. The fourth-order valence-electron chi connectivity index (χ4n) is 2.35. The number of fused-ring (bicyclic) bond motifs is 1. The van der Waals surface area contributed by atoms with E-state index in [4.69, 9.17) is 10.5 Å². The molecule has 6 heteroatoms. The van der Waals surface area contributed by atoms with Gasteiger partial charge >= 0.3 is 0 Å². The molecule has 24 heavy (non-hydrogen) atoms. The second-order valence-electron chi connectivity index (χ2n) is 5.51. The average Bonchev–Trinajstić information content (AvgIpc) is 2.97. The van der Waals surface area contributed by atoms with Crippen molar-refractivity contribution >= 4 is 28.4 Å². The molecule has 0 unspecified atom stereocenters. The Morgan fingerprint density at radius 1 is 1.12 bits per heavy atom. The van der Waals surface area contributed by atoms with E-state index in [9.17, 15) is 9.59 Å². The largest absolute Gasteiger partial charge is 0.484 e. The van der Waals surface area contributed by atoms with Crippen molar-refractivity contribution in [2.75, 3.05) is 11.9 Å². The van der Waals surface area contributed by atoms with Gasteiger partial charge in [-0.1, -0.05) is 12.1 Å². The highest BCUT2D eigenvalue weighted by molar-refractivity contribution is 6.06. The normalized spacial score (nSPS) is 10.5. The minimum Gasteiger partial charge on any atom is -0.484 e. The fraction of sp³-hybridized carbons (Fsp3) is 0.111. The van der Waals surface area contributed by atoms with Crippen molar-refractivity contribution in [3.8, 4) is 5.75 Å². The number of aromatic amines is 1. The van der Waals surface area contributed by atoms with Crippen molar-refractivity contribution in [3.63, 3.8) is 0 Å². The van der Waals surface area contributed by atoms with Crippen LogP contribution in [0.25, 0.3) is 10.9 Å². The van der Waals surface area contributed by atoms with E-state index in [0.717, 1.165) is 16.5 Å². The van der Waals surface area contributed by atoms with Gasteiger partial charge in [-0.25, -0.2) is 0 Å². The summed E-state index contributed by atoms with van der Waals surface area (Å²) in [4.78, 5) is 26.1. The monoisotopic (exact) mass is 323 g/mol. The van der Waals surface area contributed by atoms with E-state index in [2.05, 4.69) is 10.3 Å². The van der Waals surface area contributed by atoms with Crippen LogP contribution in [-0.2, 0) is 4.79 Å². The van der Waals surface area contributed by atoms with Crippen LogP contribution in [0.1, 0.15) is 16.1 Å². The Kier molecular flexibility index (Phi) is 4.20. The Hall–Kier alpha value is -3.28. The molecule has 6 nitrogen and oxygen atoms in total. The second kappa shape index (κ2) is 6.45. The highest BCUT2D eigenvalue weighted by Crippen LogP contribution is 2.19.